The summed E-state index contributed by atoms with van der Waals surface area (Å²) in [5, 5.41) is 0. The van der Waals surface area contributed by atoms with Crippen LogP contribution in [0.3, 0.4) is 0 Å². The van der Waals surface area contributed by atoms with E-state index in [-0.39, 0.29) is 0 Å². The first-order valence-corrected chi connectivity index (χ1v) is 4.30. The third-order valence-electron chi connectivity index (χ3n) is 1.54. The fourth-order valence-electron chi connectivity index (χ4n) is 0.958. The molecule has 0 fully saturated rings. The number of halogens is 1. The molecule has 0 saturated heterocycles. The van der Waals surface area contributed by atoms with Crippen molar-refractivity contribution in [3.05, 3.63) is 33.8 Å². The van der Waals surface area contributed by atoms with E-state index >= 15 is 0 Å². The van der Waals surface area contributed by atoms with Crippen LogP contribution in [0.25, 0.3) is 0 Å². The summed E-state index contributed by atoms with van der Waals surface area (Å²) >= 11 is 3.33. The summed E-state index contributed by atoms with van der Waals surface area (Å²) in [7, 11) is 1.63. The zero-order chi connectivity index (χ0) is 8.97. The molecule has 0 aliphatic rings. The molecule has 0 heterocycles. The molecule has 3 heteroatoms. The van der Waals surface area contributed by atoms with E-state index in [0.29, 0.717) is 12.2 Å². The fraction of sp³-hybridized carbons (Fsp3) is 0.222. The number of benzene rings is 1. The number of methoxy groups -OCH3 is 1. The van der Waals surface area contributed by atoms with Gasteiger partial charge in [0.15, 0.2) is 6.29 Å². The third kappa shape index (κ3) is 1.93. The van der Waals surface area contributed by atoms with Crippen LogP contribution in [0.4, 0.5) is 0 Å². The number of hydrogen-bond acceptors (Lipinski definition) is 2. The summed E-state index contributed by atoms with van der Waals surface area (Å²) in [5.41, 5.74) is 1.65. The van der Waals surface area contributed by atoms with Crippen LogP contribution in [0.2, 0.25) is 0 Å². The second kappa shape index (κ2) is 4.38. The molecule has 0 unspecified atom stereocenters. The Bertz CT molecular complexity index is 284. The lowest BCUT2D eigenvalue weighted by molar-refractivity contribution is 0.112. The molecule has 1 aromatic rings. The van der Waals surface area contributed by atoms with Gasteiger partial charge in [0.25, 0.3) is 0 Å². The standard InChI is InChI=1S/C9H9BrO2/c1-12-6-8-4-2-3-7(5-11)9(8)10/h2-5H,6H2,1H3. The van der Waals surface area contributed by atoms with Crippen LogP contribution in [-0.4, -0.2) is 13.4 Å². The SMILES string of the molecule is COCc1cccc(C=O)c1Br. The maximum atomic E-state index is 10.5. The predicted molar refractivity (Wildman–Crippen MR) is 50.2 cm³/mol. The topological polar surface area (TPSA) is 26.3 Å². The van der Waals surface area contributed by atoms with Crippen molar-refractivity contribution in [3.8, 4) is 0 Å². The van der Waals surface area contributed by atoms with Gasteiger partial charge in [-0.15, -0.1) is 0 Å². The molecule has 2 nitrogen and oxygen atoms in total. The van der Waals surface area contributed by atoms with Gasteiger partial charge in [0.1, 0.15) is 0 Å². The van der Waals surface area contributed by atoms with E-state index in [1.165, 1.54) is 0 Å². The molecule has 0 aliphatic carbocycles. The Kier molecular flexibility index (Phi) is 3.44. The maximum absolute atomic E-state index is 10.5. The van der Waals surface area contributed by atoms with Gasteiger partial charge in [0, 0.05) is 17.1 Å². The lowest BCUT2D eigenvalue weighted by Gasteiger charge is -2.03. The zero-order valence-corrected chi connectivity index (χ0v) is 8.30. The zero-order valence-electron chi connectivity index (χ0n) is 6.71. The highest BCUT2D eigenvalue weighted by molar-refractivity contribution is 9.10. The number of carbonyl (C=O) groups is 1. The van der Waals surface area contributed by atoms with Gasteiger partial charge in [-0.2, -0.15) is 0 Å². The maximum Gasteiger partial charge on any atom is 0.151 e. The van der Waals surface area contributed by atoms with Gasteiger partial charge < -0.3 is 4.74 Å². The molecule has 0 amide bonds. The van der Waals surface area contributed by atoms with E-state index in [0.717, 1.165) is 16.3 Å². The molecule has 0 N–H and O–H groups in total. The predicted octanol–water partition coefficient (Wildman–Crippen LogP) is 2.41. The van der Waals surface area contributed by atoms with Gasteiger partial charge >= 0.3 is 0 Å². The number of ether oxygens (including phenoxy) is 1. The molecule has 0 radical (unpaired) electrons. The van der Waals surface area contributed by atoms with E-state index in [1.54, 1.807) is 13.2 Å². The minimum Gasteiger partial charge on any atom is -0.380 e. The van der Waals surface area contributed by atoms with Crippen LogP contribution >= 0.6 is 15.9 Å². The van der Waals surface area contributed by atoms with Gasteiger partial charge in [-0.05, 0) is 21.5 Å². The van der Waals surface area contributed by atoms with Crippen molar-refractivity contribution in [3.63, 3.8) is 0 Å². The Morgan fingerprint density at radius 1 is 1.58 bits per heavy atom. The molecule has 0 bridgehead atoms. The summed E-state index contributed by atoms with van der Waals surface area (Å²) in [6, 6.07) is 5.51. The second-order valence-electron chi connectivity index (χ2n) is 2.37. The van der Waals surface area contributed by atoms with Gasteiger partial charge in [0.05, 0.1) is 6.61 Å². The number of aldehydes is 1. The Labute approximate surface area is 79.7 Å². The average molecular weight is 229 g/mol. The van der Waals surface area contributed by atoms with Crippen molar-refractivity contribution in [2.75, 3.05) is 7.11 Å². The first kappa shape index (κ1) is 9.42. The molecule has 64 valence electrons. The summed E-state index contributed by atoms with van der Waals surface area (Å²) in [6.45, 7) is 0.516. The highest BCUT2D eigenvalue weighted by atomic mass is 79.9. The molecular formula is C9H9BrO2. The number of rotatable bonds is 3. The Balaban J connectivity index is 3.04. The van der Waals surface area contributed by atoms with Crippen molar-refractivity contribution in [2.24, 2.45) is 0 Å². The van der Waals surface area contributed by atoms with Crippen LogP contribution in [0.1, 0.15) is 15.9 Å². The van der Waals surface area contributed by atoms with Crippen molar-refractivity contribution in [2.45, 2.75) is 6.61 Å². The highest BCUT2D eigenvalue weighted by Gasteiger charge is 2.03. The molecule has 0 saturated carbocycles. The molecule has 12 heavy (non-hydrogen) atoms. The van der Waals surface area contributed by atoms with Crippen LogP contribution in [-0.2, 0) is 11.3 Å². The molecular weight excluding hydrogens is 220 g/mol. The smallest absolute Gasteiger partial charge is 0.151 e. The van der Waals surface area contributed by atoms with Crippen LogP contribution in [0.15, 0.2) is 22.7 Å². The van der Waals surface area contributed by atoms with Crippen LogP contribution in [0, 0.1) is 0 Å². The molecule has 0 spiro atoms. The van der Waals surface area contributed by atoms with Gasteiger partial charge in [-0.1, -0.05) is 18.2 Å². The quantitative estimate of drug-likeness (QED) is 0.744. The number of hydrogen-bond donors (Lipinski definition) is 0. The fourth-order valence-corrected chi connectivity index (χ4v) is 1.43. The van der Waals surface area contributed by atoms with E-state index in [1.807, 2.05) is 12.1 Å². The summed E-state index contributed by atoms with van der Waals surface area (Å²) < 4.78 is 5.78. The highest BCUT2D eigenvalue weighted by Crippen LogP contribution is 2.20. The normalized spacial score (nSPS) is 9.83. The van der Waals surface area contributed by atoms with E-state index < -0.39 is 0 Å². The summed E-state index contributed by atoms with van der Waals surface area (Å²) in [5.74, 6) is 0. The van der Waals surface area contributed by atoms with Crippen LogP contribution in [0.5, 0.6) is 0 Å². The van der Waals surface area contributed by atoms with E-state index in [9.17, 15) is 4.79 Å². The molecule has 1 rings (SSSR count). The largest absolute Gasteiger partial charge is 0.380 e. The summed E-state index contributed by atoms with van der Waals surface area (Å²) in [4.78, 5) is 10.5. The van der Waals surface area contributed by atoms with Crippen molar-refractivity contribution in [1.82, 2.24) is 0 Å². The first-order chi connectivity index (χ1) is 5.79. The Morgan fingerprint density at radius 2 is 2.33 bits per heavy atom. The van der Waals surface area contributed by atoms with Crippen molar-refractivity contribution in [1.29, 1.82) is 0 Å². The minimum atomic E-state index is 0.516. The van der Waals surface area contributed by atoms with Crippen molar-refractivity contribution < 1.29 is 9.53 Å². The Hall–Kier alpha value is -0.670. The minimum absolute atomic E-state index is 0.516. The lowest BCUT2D eigenvalue weighted by atomic mass is 10.1. The monoisotopic (exact) mass is 228 g/mol. The van der Waals surface area contributed by atoms with Crippen LogP contribution < -0.4 is 0 Å². The van der Waals surface area contributed by atoms with Gasteiger partial charge in [-0.3, -0.25) is 4.79 Å². The molecule has 0 atom stereocenters. The van der Waals surface area contributed by atoms with Gasteiger partial charge in [-0.25, -0.2) is 0 Å². The average Bonchev–Trinajstić information content (AvgIpc) is 2.09. The van der Waals surface area contributed by atoms with E-state index in [4.69, 9.17) is 4.74 Å². The third-order valence-corrected chi connectivity index (χ3v) is 2.50. The first-order valence-electron chi connectivity index (χ1n) is 3.51. The van der Waals surface area contributed by atoms with Crippen molar-refractivity contribution >= 4 is 22.2 Å². The van der Waals surface area contributed by atoms with Gasteiger partial charge in [0.2, 0.25) is 0 Å². The van der Waals surface area contributed by atoms with E-state index in [2.05, 4.69) is 15.9 Å². The lowest BCUT2D eigenvalue weighted by Crippen LogP contribution is -1.92. The Morgan fingerprint density at radius 3 is 2.92 bits per heavy atom. The second-order valence-corrected chi connectivity index (χ2v) is 3.16. The molecule has 0 aromatic heterocycles. The molecule has 0 aliphatic heterocycles. The molecule has 1 aromatic carbocycles. The number of carbonyl (C=O) groups excluding carboxylic acids is 1. The summed E-state index contributed by atoms with van der Waals surface area (Å²) in [6.07, 6.45) is 0.823.